The zero-order chi connectivity index (χ0) is 19.2. The van der Waals surface area contributed by atoms with E-state index in [-0.39, 0.29) is 0 Å². The SMILES string of the molecule is Cc1cc(-c2ccccc2)c(C)cc1CN1CCOCC1.O=S(=O)(O)O. The van der Waals surface area contributed by atoms with Crippen LogP contribution in [-0.4, -0.2) is 48.7 Å². The molecule has 0 radical (unpaired) electrons. The molecule has 7 heteroatoms. The van der Waals surface area contributed by atoms with Crippen LogP contribution in [0.2, 0.25) is 0 Å². The molecule has 1 saturated heterocycles. The quantitative estimate of drug-likeness (QED) is 0.797. The van der Waals surface area contributed by atoms with Crippen molar-refractivity contribution in [3.63, 3.8) is 0 Å². The molecule has 0 aliphatic carbocycles. The van der Waals surface area contributed by atoms with Gasteiger partial charge in [-0.3, -0.25) is 14.0 Å². The molecule has 0 saturated carbocycles. The Hall–Kier alpha value is -1.77. The largest absolute Gasteiger partial charge is 0.394 e. The molecule has 2 N–H and O–H groups in total. The highest BCUT2D eigenvalue weighted by Gasteiger charge is 2.13. The van der Waals surface area contributed by atoms with E-state index in [1.807, 2.05) is 0 Å². The molecular weight excluding hydrogens is 354 g/mol. The smallest absolute Gasteiger partial charge is 0.379 e. The van der Waals surface area contributed by atoms with E-state index in [0.717, 1.165) is 32.8 Å². The van der Waals surface area contributed by atoms with E-state index in [1.165, 1.54) is 27.8 Å². The molecule has 1 aliphatic heterocycles. The van der Waals surface area contributed by atoms with E-state index in [2.05, 4.69) is 61.2 Å². The number of benzene rings is 2. The highest BCUT2D eigenvalue weighted by Crippen LogP contribution is 2.27. The van der Waals surface area contributed by atoms with E-state index in [0.29, 0.717) is 0 Å². The maximum Gasteiger partial charge on any atom is 0.394 e. The molecule has 0 bridgehead atoms. The summed E-state index contributed by atoms with van der Waals surface area (Å²) >= 11 is 0. The van der Waals surface area contributed by atoms with Crippen LogP contribution >= 0.6 is 0 Å². The fourth-order valence-electron chi connectivity index (χ4n) is 2.98. The van der Waals surface area contributed by atoms with Gasteiger partial charge in [-0.25, -0.2) is 0 Å². The van der Waals surface area contributed by atoms with Gasteiger partial charge in [0.05, 0.1) is 13.2 Å². The first-order valence-electron chi connectivity index (χ1n) is 8.39. The molecule has 0 aromatic heterocycles. The van der Waals surface area contributed by atoms with E-state index in [9.17, 15) is 0 Å². The van der Waals surface area contributed by atoms with Gasteiger partial charge in [-0.1, -0.05) is 42.5 Å². The molecule has 0 amide bonds. The highest BCUT2D eigenvalue weighted by molar-refractivity contribution is 7.79. The van der Waals surface area contributed by atoms with Gasteiger partial charge in [-0.2, -0.15) is 8.42 Å². The predicted octanol–water partition coefficient (Wildman–Crippen LogP) is 3.15. The van der Waals surface area contributed by atoms with Gasteiger partial charge in [0.1, 0.15) is 0 Å². The number of hydrogen-bond acceptors (Lipinski definition) is 4. The highest BCUT2D eigenvalue weighted by atomic mass is 32.3. The van der Waals surface area contributed by atoms with Crippen molar-refractivity contribution in [1.82, 2.24) is 4.90 Å². The Morgan fingerprint density at radius 2 is 1.58 bits per heavy atom. The third-order valence-electron chi connectivity index (χ3n) is 4.27. The van der Waals surface area contributed by atoms with Gasteiger partial charge in [0.2, 0.25) is 0 Å². The Morgan fingerprint density at radius 1 is 1.00 bits per heavy atom. The van der Waals surface area contributed by atoms with E-state index < -0.39 is 10.4 Å². The van der Waals surface area contributed by atoms with Crippen molar-refractivity contribution < 1.29 is 22.3 Å². The van der Waals surface area contributed by atoms with Crippen LogP contribution in [0.25, 0.3) is 11.1 Å². The molecule has 2 aromatic carbocycles. The number of morpholine rings is 1. The molecular formula is C19H25NO5S. The summed E-state index contributed by atoms with van der Waals surface area (Å²) < 4.78 is 37.0. The Kier molecular flexibility index (Phi) is 7.31. The summed E-state index contributed by atoms with van der Waals surface area (Å²) in [5.41, 5.74) is 6.82. The van der Waals surface area contributed by atoms with E-state index >= 15 is 0 Å². The topological polar surface area (TPSA) is 87.1 Å². The lowest BCUT2D eigenvalue weighted by Crippen LogP contribution is -2.35. The number of hydrogen-bond donors (Lipinski definition) is 2. The second kappa shape index (κ2) is 9.25. The summed E-state index contributed by atoms with van der Waals surface area (Å²) in [5.74, 6) is 0. The molecule has 1 heterocycles. The summed E-state index contributed by atoms with van der Waals surface area (Å²) in [5, 5.41) is 0. The standard InChI is InChI=1S/C19H23NO.H2O4S/c1-15-13-19(17-6-4-3-5-7-17)16(2)12-18(15)14-20-8-10-21-11-9-20;1-5(2,3)4/h3-7,12-13H,8-11,14H2,1-2H3;(H2,1,2,3,4). The van der Waals surface area contributed by atoms with E-state index in [4.69, 9.17) is 22.3 Å². The van der Waals surface area contributed by atoms with Crippen molar-refractivity contribution in [2.24, 2.45) is 0 Å². The first kappa shape index (κ1) is 20.5. The Bertz CT molecular complexity index is 807. The summed E-state index contributed by atoms with van der Waals surface area (Å²) in [6, 6.07) is 15.3. The molecule has 0 unspecified atom stereocenters. The average Bonchev–Trinajstić information content (AvgIpc) is 2.58. The van der Waals surface area contributed by atoms with Gasteiger partial charge >= 0.3 is 10.4 Å². The number of nitrogens with zero attached hydrogens (tertiary/aromatic N) is 1. The molecule has 6 nitrogen and oxygen atoms in total. The maximum absolute atomic E-state index is 8.74. The van der Waals surface area contributed by atoms with Gasteiger partial charge in [0.15, 0.2) is 0 Å². The second-order valence-corrected chi connectivity index (χ2v) is 7.19. The molecule has 3 rings (SSSR count). The van der Waals surface area contributed by atoms with Gasteiger partial charge < -0.3 is 4.74 Å². The zero-order valence-corrected chi connectivity index (χ0v) is 15.9. The lowest BCUT2D eigenvalue weighted by atomic mass is 9.95. The van der Waals surface area contributed by atoms with Crippen LogP contribution in [0.1, 0.15) is 16.7 Å². The minimum absolute atomic E-state index is 0.861. The Labute approximate surface area is 155 Å². The first-order chi connectivity index (χ1) is 12.2. The summed E-state index contributed by atoms with van der Waals surface area (Å²) in [7, 11) is -4.67. The van der Waals surface area contributed by atoms with Crippen molar-refractivity contribution in [2.45, 2.75) is 20.4 Å². The van der Waals surface area contributed by atoms with Gasteiger partial charge in [-0.05, 0) is 41.7 Å². The molecule has 1 aliphatic rings. The Balaban J connectivity index is 0.000000431. The molecule has 26 heavy (non-hydrogen) atoms. The fourth-order valence-corrected chi connectivity index (χ4v) is 2.98. The monoisotopic (exact) mass is 379 g/mol. The average molecular weight is 379 g/mol. The van der Waals surface area contributed by atoms with Crippen LogP contribution < -0.4 is 0 Å². The van der Waals surface area contributed by atoms with Crippen LogP contribution in [-0.2, 0) is 21.7 Å². The zero-order valence-electron chi connectivity index (χ0n) is 15.1. The predicted molar refractivity (Wildman–Crippen MR) is 102 cm³/mol. The van der Waals surface area contributed by atoms with Crippen LogP contribution in [0.4, 0.5) is 0 Å². The van der Waals surface area contributed by atoms with Crippen molar-refractivity contribution in [1.29, 1.82) is 0 Å². The third kappa shape index (κ3) is 6.86. The van der Waals surface area contributed by atoms with Crippen LogP contribution in [0.5, 0.6) is 0 Å². The van der Waals surface area contributed by atoms with Crippen molar-refractivity contribution >= 4 is 10.4 Å². The van der Waals surface area contributed by atoms with Gasteiger partial charge in [-0.15, -0.1) is 0 Å². The number of rotatable bonds is 3. The normalized spacial score (nSPS) is 15.2. The summed E-state index contributed by atoms with van der Waals surface area (Å²) in [4.78, 5) is 2.48. The first-order valence-corrected chi connectivity index (χ1v) is 9.79. The molecule has 142 valence electrons. The van der Waals surface area contributed by atoms with Crippen molar-refractivity contribution in [2.75, 3.05) is 26.3 Å². The number of ether oxygens (including phenoxy) is 1. The Morgan fingerprint density at radius 3 is 2.15 bits per heavy atom. The van der Waals surface area contributed by atoms with E-state index in [1.54, 1.807) is 0 Å². The fraction of sp³-hybridized carbons (Fsp3) is 0.368. The summed E-state index contributed by atoms with van der Waals surface area (Å²) in [6.45, 7) is 9.27. The van der Waals surface area contributed by atoms with Crippen LogP contribution in [0.3, 0.4) is 0 Å². The third-order valence-corrected chi connectivity index (χ3v) is 4.27. The molecule has 2 aromatic rings. The van der Waals surface area contributed by atoms with Gasteiger partial charge in [0, 0.05) is 19.6 Å². The minimum atomic E-state index is -4.67. The van der Waals surface area contributed by atoms with Crippen molar-refractivity contribution in [3.05, 3.63) is 59.2 Å². The van der Waals surface area contributed by atoms with Crippen LogP contribution in [0.15, 0.2) is 42.5 Å². The lowest BCUT2D eigenvalue weighted by molar-refractivity contribution is 0.0341. The number of aryl methyl sites for hydroxylation is 2. The molecule has 0 atom stereocenters. The summed E-state index contributed by atoms with van der Waals surface area (Å²) in [6.07, 6.45) is 0. The second-order valence-electron chi connectivity index (χ2n) is 6.30. The maximum atomic E-state index is 8.74. The van der Waals surface area contributed by atoms with Crippen molar-refractivity contribution in [3.8, 4) is 11.1 Å². The lowest BCUT2D eigenvalue weighted by Gasteiger charge is -2.27. The van der Waals surface area contributed by atoms with Gasteiger partial charge in [0.25, 0.3) is 0 Å². The molecule has 1 fully saturated rings. The molecule has 0 spiro atoms. The van der Waals surface area contributed by atoms with Crippen LogP contribution in [0, 0.1) is 13.8 Å². The minimum Gasteiger partial charge on any atom is -0.379 e.